The van der Waals surface area contributed by atoms with Gasteiger partial charge in [0.2, 0.25) is 5.91 Å². The minimum absolute atomic E-state index is 0.0491. The molecule has 9 nitrogen and oxygen atoms in total. The smallest absolute Gasteiger partial charge is 0.280 e. The van der Waals surface area contributed by atoms with Gasteiger partial charge in [0.05, 0.1) is 27.5 Å². The van der Waals surface area contributed by atoms with Crippen molar-refractivity contribution in [3.8, 4) is 11.3 Å². The van der Waals surface area contributed by atoms with Crippen LogP contribution in [0.4, 0.5) is 11.4 Å². The molecule has 0 fully saturated rings. The first-order valence-electron chi connectivity index (χ1n) is 10.0. The van der Waals surface area contributed by atoms with E-state index < -0.39 is 10.8 Å². The molecular formula is C24H20N4O5. The zero-order valence-electron chi connectivity index (χ0n) is 18.2. The van der Waals surface area contributed by atoms with Gasteiger partial charge < -0.3 is 10.2 Å². The van der Waals surface area contributed by atoms with Gasteiger partial charge in [0.15, 0.2) is 0 Å². The third-order valence-electron chi connectivity index (χ3n) is 5.45. The highest BCUT2D eigenvalue weighted by atomic mass is 16.6. The Hall–Kier alpha value is -4.53. The van der Waals surface area contributed by atoms with E-state index in [1.807, 2.05) is 13.8 Å². The quantitative estimate of drug-likeness (QED) is 0.354. The van der Waals surface area contributed by atoms with E-state index in [2.05, 4.69) is 5.10 Å². The molecule has 0 saturated heterocycles. The van der Waals surface area contributed by atoms with E-state index in [-0.39, 0.29) is 11.6 Å². The second-order valence-electron chi connectivity index (χ2n) is 7.68. The molecule has 1 aromatic heterocycles. The number of benzene rings is 2. The van der Waals surface area contributed by atoms with Crippen LogP contribution in [0, 0.1) is 24.0 Å². The van der Waals surface area contributed by atoms with E-state index in [0.29, 0.717) is 39.6 Å². The highest BCUT2D eigenvalue weighted by Gasteiger charge is 2.29. The number of aryl methyl sites for hydroxylation is 2. The van der Waals surface area contributed by atoms with E-state index in [1.54, 1.807) is 43.3 Å². The van der Waals surface area contributed by atoms with Crippen molar-refractivity contribution in [1.82, 2.24) is 0 Å². The van der Waals surface area contributed by atoms with Gasteiger partial charge in [-0.05, 0) is 80.4 Å². The number of furan rings is 1. The molecule has 9 heteroatoms. The normalized spacial score (nSPS) is 14.6. The molecule has 2 amide bonds. The Bertz CT molecular complexity index is 1370. The predicted octanol–water partition coefficient (Wildman–Crippen LogP) is 4.38. The Morgan fingerprint density at radius 3 is 2.39 bits per heavy atom. The Kier molecular flexibility index (Phi) is 5.39. The molecule has 3 aromatic rings. The fraction of sp³-hybridized carbons (Fsp3) is 0.125. The zero-order chi connectivity index (χ0) is 23.9. The number of nitro benzene ring substituents is 1. The second-order valence-corrected chi connectivity index (χ2v) is 7.68. The average molecular weight is 444 g/mol. The first-order valence-corrected chi connectivity index (χ1v) is 10.0. The number of carbonyl (C=O) groups is 2. The van der Waals surface area contributed by atoms with E-state index >= 15 is 0 Å². The Balaban J connectivity index is 1.65. The summed E-state index contributed by atoms with van der Waals surface area (Å²) in [5.74, 6) is -0.237. The van der Waals surface area contributed by atoms with Gasteiger partial charge in [0.25, 0.3) is 11.6 Å². The molecule has 0 bridgehead atoms. The number of hydrazone groups is 1. The molecule has 0 saturated carbocycles. The van der Waals surface area contributed by atoms with Crippen molar-refractivity contribution in [3.63, 3.8) is 0 Å². The highest BCUT2D eigenvalue weighted by molar-refractivity contribution is 6.32. The van der Waals surface area contributed by atoms with Crippen LogP contribution in [-0.4, -0.2) is 22.4 Å². The number of primary amides is 1. The monoisotopic (exact) mass is 444 g/mol. The van der Waals surface area contributed by atoms with Gasteiger partial charge in [-0.2, -0.15) is 10.1 Å². The van der Waals surface area contributed by atoms with Gasteiger partial charge in [-0.3, -0.25) is 19.7 Å². The van der Waals surface area contributed by atoms with E-state index in [4.69, 9.17) is 10.2 Å². The number of carbonyl (C=O) groups excluding carboxylic acids is 2. The second kappa shape index (κ2) is 8.19. The molecule has 2 aromatic carbocycles. The largest absolute Gasteiger partial charge is 0.456 e. The Labute approximate surface area is 189 Å². The maximum atomic E-state index is 13.0. The van der Waals surface area contributed by atoms with Crippen LogP contribution in [0.3, 0.4) is 0 Å². The SMILES string of the molecule is CC1=NN(c2ccc(C(N)=O)cc2)C(=O)C1=Cc1ccc(-c2cc(C)c(C)cc2[N+](=O)[O-])o1. The van der Waals surface area contributed by atoms with Crippen LogP contribution in [0.15, 0.2) is 63.6 Å². The zero-order valence-corrected chi connectivity index (χ0v) is 18.2. The summed E-state index contributed by atoms with van der Waals surface area (Å²) in [4.78, 5) is 35.3. The summed E-state index contributed by atoms with van der Waals surface area (Å²) >= 11 is 0. The summed E-state index contributed by atoms with van der Waals surface area (Å²) in [5, 5.41) is 17.0. The van der Waals surface area contributed by atoms with Crippen LogP contribution in [0.5, 0.6) is 0 Å². The molecule has 1 aliphatic rings. The van der Waals surface area contributed by atoms with Crippen molar-refractivity contribution < 1.29 is 18.9 Å². The molecule has 0 radical (unpaired) electrons. The summed E-state index contributed by atoms with van der Waals surface area (Å²) < 4.78 is 5.84. The molecule has 0 aliphatic carbocycles. The third-order valence-corrected chi connectivity index (χ3v) is 5.45. The number of hydrogen-bond acceptors (Lipinski definition) is 6. The van der Waals surface area contributed by atoms with Crippen LogP contribution in [0.1, 0.15) is 34.2 Å². The molecule has 166 valence electrons. The maximum absolute atomic E-state index is 13.0. The highest BCUT2D eigenvalue weighted by Crippen LogP contribution is 2.34. The minimum Gasteiger partial charge on any atom is -0.456 e. The average Bonchev–Trinajstić information content (AvgIpc) is 3.35. The third kappa shape index (κ3) is 4.03. The molecular weight excluding hydrogens is 424 g/mol. The molecule has 1 aliphatic heterocycles. The minimum atomic E-state index is -0.563. The fourth-order valence-electron chi connectivity index (χ4n) is 3.49. The predicted molar refractivity (Wildman–Crippen MR) is 124 cm³/mol. The molecule has 2 N–H and O–H groups in total. The molecule has 2 heterocycles. The van der Waals surface area contributed by atoms with Crippen LogP contribution < -0.4 is 10.7 Å². The van der Waals surface area contributed by atoms with Crippen molar-refractivity contribution in [2.45, 2.75) is 20.8 Å². The topological polar surface area (TPSA) is 132 Å². The Morgan fingerprint density at radius 1 is 1.09 bits per heavy atom. The summed E-state index contributed by atoms with van der Waals surface area (Å²) in [5.41, 5.74) is 8.90. The standard InChI is InChI=1S/C24H20N4O5/c1-13-10-20(21(28(31)32)11-14(13)2)22-9-8-18(33-22)12-19-15(3)26-27(24(19)30)17-6-4-16(5-7-17)23(25)29/h4-12H,1-3H3,(H2,25,29). The fourth-order valence-corrected chi connectivity index (χ4v) is 3.49. The van der Waals surface area contributed by atoms with Gasteiger partial charge in [0.1, 0.15) is 11.5 Å². The van der Waals surface area contributed by atoms with Gasteiger partial charge in [-0.25, -0.2) is 0 Å². The first kappa shape index (κ1) is 21.7. The lowest BCUT2D eigenvalue weighted by atomic mass is 10.0. The maximum Gasteiger partial charge on any atom is 0.280 e. The van der Waals surface area contributed by atoms with Crippen molar-refractivity contribution >= 4 is 35.0 Å². The number of nitrogens with zero attached hydrogens (tertiary/aromatic N) is 3. The van der Waals surface area contributed by atoms with Crippen molar-refractivity contribution in [2.24, 2.45) is 10.8 Å². The van der Waals surface area contributed by atoms with Gasteiger partial charge in [-0.15, -0.1) is 0 Å². The molecule has 0 spiro atoms. The summed E-state index contributed by atoms with van der Waals surface area (Å²) in [6.07, 6.45) is 1.55. The molecule has 0 unspecified atom stereocenters. The number of hydrogen-bond donors (Lipinski definition) is 1. The molecule has 33 heavy (non-hydrogen) atoms. The van der Waals surface area contributed by atoms with Gasteiger partial charge in [0, 0.05) is 11.6 Å². The van der Waals surface area contributed by atoms with Gasteiger partial charge >= 0.3 is 0 Å². The molecule has 4 rings (SSSR count). The summed E-state index contributed by atoms with van der Waals surface area (Å²) in [6.45, 7) is 5.38. The van der Waals surface area contributed by atoms with Gasteiger partial charge in [-0.1, -0.05) is 0 Å². The number of rotatable bonds is 5. The summed E-state index contributed by atoms with van der Waals surface area (Å²) in [6, 6.07) is 12.7. The lowest BCUT2D eigenvalue weighted by Gasteiger charge is -2.11. The van der Waals surface area contributed by atoms with E-state index in [9.17, 15) is 19.7 Å². The molecule has 0 atom stereocenters. The van der Waals surface area contributed by atoms with Crippen molar-refractivity contribution in [2.75, 3.05) is 5.01 Å². The van der Waals surface area contributed by atoms with Crippen LogP contribution in [0.2, 0.25) is 0 Å². The lowest BCUT2D eigenvalue weighted by Crippen LogP contribution is -2.21. The van der Waals surface area contributed by atoms with E-state index in [0.717, 1.165) is 11.1 Å². The number of anilines is 1. The van der Waals surface area contributed by atoms with Crippen LogP contribution >= 0.6 is 0 Å². The Morgan fingerprint density at radius 2 is 1.76 bits per heavy atom. The van der Waals surface area contributed by atoms with Crippen molar-refractivity contribution in [1.29, 1.82) is 0 Å². The van der Waals surface area contributed by atoms with E-state index in [1.165, 1.54) is 23.2 Å². The van der Waals surface area contributed by atoms with Crippen LogP contribution in [0.25, 0.3) is 17.4 Å². The number of nitro groups is 1. The summed E-state index contributed by atoms with van der Waals surface area (Å²) in [7, 11) is 0. The number of amides is 2. The van der Waals surface area contributed by atoms with Crippen LogP contribution in [-0.2, 0) is 4.79 Å². The number of nitrogens with two attached hydrogens (primary N) is 1. The first-order chi connectivity index (χ1) is 15.7. The van der Waals surface area contributed by atoms with Crippen molar-refractivity contribution in [3.05, 3.63) is 86.7 Å². The lowest BCUT2D eigenvalue weighted by molar-refractivity contribution is -0.384.